The second kappa shape index (κ2) is 5.04. The van der Waals surface area contributed by atoms with Crippen molar-refractivity contribution in [3.05, 3.63) is 0 Å². The van der Waals surface area contributed by atoms with Crippen LogP contribution in [0.5, 0.6) is 0 Å². The van der Waals surface area contributed by atoms with Gasteiger partial charge in [0.2, 0.25) is 5.91 Å². The Morgan fingerprint density at radius 2 is 2.06 bits per heavy atom. The van der Waals surface area contributed by atoms with Crippen molar-refractivity contribution in [2.75, 3.05) is 12.4 Å². The zero-order valence-corrected chi connectivity index (χ0v) is 10.7. The first-order valence-electron chi connectivity index (χ1n) is 5.43. The lowest BCUT2D eigenvalue weighted by molar-refractivity contribution is -0.162. The summed E-state index contributed by atoms with van der Waals surface area (Å²) in [6.45, 7) is 6.03. The van der Waals surface area contributed by atoms with Crippen molar-refractivity contribution in [3.8, 4) is 0 Å². The molecule has 0 spiro atoms. The number of carbonyl (C=O) groups excluding carboxylic acids is 2. The molecule has 0 saturated carbocycles. The van der Waals surface area contributed by atoms with Crippen LogP contribution < -0.4 is 0 Å². The number of hydrogen-bond donors (Lipinski definition) is 0. The maximum absolute atomic E-state index is 11.8. The Balaban J connectivity index is 2.65. The fourth-order valence-corrected chi connectivity index (χ4v) is 1.91. The lowest BCUT2D eigenvalue weighted by atomic mass is 10.1. The van der Waals surface area contributed by atoms with E-state index in [0.717, 1.165) is 6.42 Å². The highest BCUT2D eigenvalue weighted by atomic mass is 35.5. The molecule has 1 rings (SSSR count). The first-order chi connectivity index (χ1) is 7.35. The molecule has 1 amide bonds. The third-order valence-corrected chi connectivity index (χ3v) is 2.59. The topological polar surface area (TPSA) is 46.6 Å². The zero-order valence-electron chi connectivity index (χ0n) is 9.96. The van der Waals surface area contributed by atoms with Crippen LogP contribution in [-0.2, 0) is 14.3 Å². The molecule has 1 aliphatic heterocycles. The number of amides is 1. The van der Waals surface area contributed by atoms with E-state index < -0.39 is 11.6 Å². The van der Waals surface area contributed by atoms with Gasteiger partial charge >= 0.3 is 5.97 Å². The normalized spacial score (nSPS) is 21.0. The van der Waals surface area contributed by atoms with E-state index in [0.29, 0.717) is 13.0 Å². The van der Waals surface area contributed by atoms with E-state index in [1.165, 1.54) is 4.90 Å². The van der Waals surface area contributed by atoms with Crippen LogP contribution in [0.2, 0.25) is 0 Å². The molecule has 0 aromatic rings. The van der Waals surface area contributed by atoms with E-state index in [-0.39, 0.29) is 17.8 Å². The molecule has 1 aliphatic rings. The van der Waals surface area contributed by atoms with E-state index in [2.05, 4.69) is 0 Å². The molecule has 0 bridgehead atoms. The third-order valence-electron chi connectivity index (χ3n) is 2.37. The minimum atomic E-state index is -0.518. The lowest BCUT2D eigenvalue weighted by Gasteiger charge is -2.26. The molecule has 5 heteroatoms. The number of esters is 1. The van der Waals surface area contributed by atoms with Gasteiger partial charge in [0, 0.05) is 6.54 Å². The van der Waals surface area contributed by atoms with Gasteiger partial charge in [-0.25, -0.2) is 4.79 Å². The van der Waals surface area contributed by atoms with Crippen molar-refractivity contribution < 1.29 is 14.3 Å². The second-order valence-electron chi connectivity index (χ2n) is 4.91. The van der Waals surface area contributed by atoms with Crippen molar-refractivity contribution in [2.45, 2.75) is 45.3 Å². The smallest absolute Gasteiger partial charge is 0.329 e. The summed E-state index contributed by atoms with van der Waals surface area (Å²) < 4.78 is 5.27. The minimum absolute atomic E-state index is 0.0840. The van der Waals surface area contributed by atoms with E-state index in [1.807, 2.05) is 20.8 Å². The van der Waals surface area contributed by atoms with Gasteiger partial charge in [0.25, 0.3) is 0 Å². The number of rotatable bonds is 2. The summed E-state index contributed by atoms with van der Waals surface area (Å²) in [5, 5.41) is 0. The van der Waals surface area contributed by atoms with Crippen molar-refractivity contribution in [1.82, 2.24) is 4.90 Å². The van der Waals surface area contributed by atoms with Gasteiger partial charge in [-0.3, -0.25) is 4.79 Å². The highest BCUT2D eigenvalue weighted by molar-refractivity contribution is 6.27. The number of ether oxygens (including phenoxy) is 1. The highest BCUT2D eigenvalue weighted by Gasteiger charge is 2.36. The van der Waals surface area contributed by atoms with Gasteiger partial charge in [-0.2, -0.15) is 0 Å². The van der Waals surface area contributed by atoms with Gasteiger partial charge in [0.05, 0.1) is 0 Å². The van der Waals surface area contributed by atoms with Gasteiger partial charge in [-0.1, -0.05) is 0 Å². The van der Waals surface area contributed by atoms with Crippen LogP contribution in [-0.4, -0.2) is 40.8 Å². The molecule has 0 aromatic carbocycles. The molecule has 0 aliphatic carbocycles. The average molecular weight is 248 g/mol. The SMILES string of the molecule is CC(C)(C)OC(=O)C1CCCN1C(=O)CCl. The predicted molar refractivity (Wildman–Crippen MR) is 61.3 cm³/mol. The molecule has 1 heterocycles. The molecule has 0 radical (unpaired) electrons. The monoisotopic (exact) mass is 247 g/mol. The Kier molecular flexibility index (Phi) is 4.19. The number of hydrogen-bond acceptors (Lipinski definition) is 3. The van der Waals surface area contributed by atoms with Crippen LogP contribution in [0.3, 0.4) is 0 Å². The Morgan fingerprint density at radius 3 is 2.56 bits per heavy atom. The molecule has 1 fully saturated rings. The van der Waals surface area contributed by atoms with Gasteiger partial charge in [-0.15, -0.1) is 11.6 Å². The zero-order chi connectivity index (χ0) is 12.3. The van der Waals surface area contributed by atoms with E-state index >= 15 is 0 Å². The molecular formula is C11H18ClNO3. The molecule has 0 aromatic heterocycles. The van der Waals surface area contributed by atoms with Gasteiger partial charge in [0.1, 0.15) is 17.5 Å². The molecule has 4 nitrogen and oxygen atoms in total. The fourth-order valence-electron chi connectivity index (χ4n) is 1.76. The van der Waals surface area contributed by atoms with Gasteiger partial charge in [-0.05, 0) is 33.6 Å². The fraction of sp³-hybridized carbons (Fsp3) is 0.818. The molecule has 1 saturated heterocycles. The van der Waals surface area contributed by atoms with Crippen LogP contribution in [0.25, 0.3) is 0 Å². The third kappa shape index (κ3) is 3.37. The van der Waals surface area contributed by atoms with Crippen LogP contribution in [0, 0.1) is 0 Å². The van der Waals surface area contributed by atoms with Crippen molar-refractivity contribution >= 4 is 23.5 Å². The van der Waals surface area contributed by atoms with E-state index in [4.69, 9.17) is 16.3 Å². The molecular weight excluding hydrogens is 230 g/mol. The quantitative estimate of drug-likeness (QED) is 0.550. The standard InChI is InChI=1S/C11H18ClNO3/c1-11(2,3)16-10(15)8-5-4-6-13(8)9(14)7-12/h8H,4-7H2,1-3H3. The Hall–Kier alpha value is -0.770. The summed E-state index contributed by atoms with van der Waals surface area (Å²) in [5.41, 5.74) is -0.518. The summed E-state index contributed by atoms with van der Waals surface area (Å²) in [4.78, 5) is 24.8. The van der Waals surface area contributed by atoms with Crippen molar-refractivity contribution in [2.24, 2.45) is 0 Å². The largest absolute Gasteiger partial charge is 0.458 e. The van der Waals surface area contributed by atoms with Gasteiger partial charge < -0.3 is 9.64 Å². The second-order valence-corrected chi connectivity index (χ2v) is 5.18. The lowest BCUT2D eigenvalue weighted by Crippen LogP contribution is -2.44. The van der Waals surface area contributed by atoms with E-state index in [1.54, 1.807) is 0 Å². The van der Waals surface area contributed by atoms with Gasteiger partial charge in [0.15, 0.2) is 0 Å². The minimum Gasteiger partial charge on any atom is -0.458 e. The molecule has 1 atom stereocenters. The number of halogens is 1. The summed E-state index contributed by atoms with van der Waals surface area (Å²) >= 11 is 5.49. The summed E-state index contributed by atoms with van der Waals surface area (Å²) in [6.07, 6.45) is 1.49. The Bertz CT molecular complexity index is 285. The molecule has 1 unspecified atom stereocenters. The highest BCUT2D eigenvalue weighted by Crippen LogP contribution is 2.21. The molecule has 0 N–H and O–H groups in total. The maximum atomic E-state index is 11.8. The summed E-state index contributed by atoms with van der Waals surface area (Å²) in [7, 11) is 0. The summed E-state index contributed by atoms with van der Waals surface area (Å²) in [6, 6.07) is -0.453. The number of nitrogens with zero attached hydrogens (tertiary/aromatic N) is 1. The summed E-state index contributed by atoms with van der Waals surface area (Å²) in [5.74, 6) is -0.613. The first-order valence-corrected chi connectivity index (χ1v) is 5.97. The predicted octanol–water partition coefficient (Wildman–Crippen LogP) is 1.56. The van der Waals surface area contributed by atoms with Crippen molar-refractivity contribution in [1.29, 1.82) is 0 Å². The molecule has 16 heavy (non-hydrogen) atoms. The maximum Gasteiger partial charge on any atom is 0.329 e. The van der Waals surface area contributed by atoms with Crippen LogP contribution >= 0.6 is 11.6 Å². The van der Waals surface area contributed by atoms with E-state index in [9.17, 15) is 9.59 Å². The number of likely N-dealkylation sites (tertiary alicyclic amines) is 1. The number of carbonyl (C=O) groups is 2. The molecule has 92 valence electrons. The Morgan fingerprint density at radius 1 is 1.44 bits per heavy atom. The average Bonchev–Trinajstić information content (AvgIpc) is 2.62. The van der Waals surface area contributed by atoms with Crippen LogP contribution in [0.15, 0.2) is 0 Å². The van der Waals surface area contributed by atoms with Crippen LogP contribution in [0.1, 0.15) is 33.6 Å². The number of alkyl halides is 1. The first kappa shape index (κ1) is 13.3. The van der Waals surface area contributed by atoms with Crippen molar-refractivity contribution in [3.63, 3.8) is 0 Å². The van der Waals surface area contributed by atoms with Crippen LogP contribution in [0.4, 0.5) is 0 Å². The Labute approximate surface area is 101 Å².